The van der Waals surface area contributed by atoms with Crippen LogP contribution < -0.4 is 5.32 Å². The van der Waals surface area contributed by atoms with E-state index < -0.39 is 0 Å². The normalized spacial score (nSPS) is 23.1. The first kappa shape index (κ1) is 9.97. The lowest BCUT2D eigenvalue weighted by atomic mass is 10.1. The molecule has 1 aromatic carbocycles. The molecule has 76 valence electrons. The minimum atomic E-state index is 0.152. The zero-order chi connectivity index (χ0) is 9.80. The maximum Gasteiger partial charge on any atom is 0.0852 e. The van der Waals surface area contributed by atoms with Crippen LogP contribution in [0.15, 0.2) is 24.3 Å². The van der Waals surface area contributed by atoms with Gasteiger partial charge >= 0.3 is 0 Å². The van der Waals surface area contributed by atoms with Crippen molar-refractivity contribution >= 4 is 11.6 Å². The Bertz CT molecular complexity index is 295. The summed E-state index contributed by atoms with van der Waals surface area (Å²) in [5, 5.41) is 4.10. The number of rotatable bonds is 1. The summed E-state index contributed by atoms with van der Waals surface area (Å²) in [6, 6.07) is 7.90. The molecule has 0 bridgehead atoms. The number of nitrogens with one attached hydrogen (secondary N) is 1. The van der Waals surface area contributed by atoms with E-state index in [9.17, 15) is 0 Å². The number of ether oxygens (including phenoxy) is 1. The van der Waals surface area contributed by atoms with E-state index >= 15 is 0 Å². The fraction of sp³-hybridized carbons (Fsp3) is 0.455. The van der Waals surface area contributed by atoms with Gasteiger partial charge in [-0.15, -0.1) is 0 Å². The largest absolute Gasteiger partial charge is 0.372 e. The summed E-state index contributed by atoms with van der Waals surface area (Å²) in [7, 11) is 0. The third-order valence-electron chi connectivity index (χ3n) is 2.43. The molecule has 0 spiro atoms. The topological polar surface area (TPSA) is 21.3 Å². The highest BCUT2D eigenvalue weighted by atomic mass is 35.5. The summed E-state index contributed by atoms with van der Waals surface area (Å²) in [5.74, 6) is 0. The van der Waals surface area contributed by atoms with Gasteiger partial charge in [0.15, 0.2) is 0 Å². The molecule has 1 fully saturated rings. The molecule has 1 heterocycles. The molecule has 3 heteroatoms. The third-order valence-corrected chi connectivity index (χ3v) is 2.78. The highest BCUT2D eigenvalue weighted by Gasteiger charge is 2.16. The van der Waals surface area contributed by atoms with E-state index in [4.69, 9.17) is 16.3 Å². The zero-order valence-electron chi connectivity index (χ0n) is 8.00. The molecule has 1 aliphatic rings. The first-order valence-corrected chi connectivity index (χ1v) is 5.32. The van der Waals surface area contributed by atoms with Crippen molar-refractivity contribution in [3.8, 4) is 0 Å². The smallest absolute Gasteiger partial charge is 0.0852 e. The number of benzene rings is 1. The van der Waals surface area contributed by atoms with Gasteiger partial charge in [-0.25, -0.2) is 0 Å². The molecule has 0 amide bonds. The minimum Gasteiger partial charge on any atom is -0.372 e. The highest BCUT2D eigenvalue weighted by molar-refractivity contribution is 6.31. The second-order valence-corrected chi connectivity index (χ2v) is 3.83. The van der Waals surface area contributed by atoms with Gasteiger partial charge in [0, 0.05) is 11.6 Å². The molecular weight excluding hydrogens is 198 g/mol. The minimum absolute atomic E-state index is 0.152. The van der Waals surface area contributed by atoms with Crippen molar-refractivity contribution in [2.45, 2.75) is 12.5 Å². The summed E-state index contributed by atoms with van der Waals surface area (Å²) >= 11 is 6.11. The highest BCUT2D eigenvalue weighted by Crippen LogP contribution is 2.28. The Morgan fingerprint density at radius 3 is 3.00 bits per heavy atom. The molecule has 0 aliphatic carbocycles. The zero-order valence-corrected chi connectivity index (χ0v) is 8.76. The number of hydrogen-bond acceptors (Lipinski definition) is 2. The molecule has 14 heavy (non-hydrogen) atoms. The first-order chi connectivity index (χ1) is 6.88. The average Bonchev–Trinajstić information content (AvgIpc) is 2.47. The first-order valence-electron chi connectivity index (χ1n) is 4.94. The van der Waals surface area contributed by atoms with E-state index in [1.165, 1.54) is 0 Å². The van der Waals surface area contributed by atoms with E-state index in [-0.39, 0.29) is 6.10 Å². The van der Waals surface area contributed by atoms with E-state index in [0.29, 0.717) is 0 Å². The predicted octanol–water partition coefficient (Wildman–Crippen LogP) is 2.39. The third kappa shape index (κ3) is 2.27. The van der Waals surface area contributed by atoms with Gasteiger partial charge in [-0.1, -0.05) is 29.8 Å². The molecule has 1 N–H and O–H groups in total. The summed E-state index contributed by atoms with van der Waals surface area (Å²) in [6.07, 6.45) is 1.14. The van der Waals surface area contributed by atoms with E-state index in [0.717, 1.165) is 36.7 Å². The Hall–Kier alpha value is -0.570. The van der Waals surface area contributed by atoms with Crippen LogP contribution in [0.3, 0.4) is 0 Å². The summed E-state index contributed by atoms with van der Waals surface area (Å²) < 4.78 is 5.72. The van der Waals surface area contributed by atoms with E-state index in [1.54, 1.807) is 0 Å². The molecular formula is C11H14ClNO. The Labute approximate surface area is 89.2 Å². The average molecular weight is 212 g/mol. The Morgan fingerprint density at radius 2 is 2.14 bits per heavy atom. The van der Waals surface area contributed by atoms with Crippen molar-refractivity contribution in [2.24, 2.45) is 0 Å². The Morgan fingerprint density at radius 1 is 1.29 bits per heavy atom. The van der Waals surface area contributed by atoms with Crippen LogP contribution >= 0.6 is 11.6 Å². The van der Waals surface area contributed by atoms with Crippen LogP contribution in [-0.4, -0.2) is 19.7 Å². The van der Waals surface area contributed by atoms with Gasteiger partial charge in [0.2, 0.25) is 0 Å². The van der Waals surface area contributed by atoms with Gasteiger partial charge in [0.25, 0.3) is 0 Å². The van der Waals surface area contributed by atoms with Gasteiger partial charge in [-0.3, -0.25) is 0 Å². The van der Waals surface area contributed by atoms with Crippen molar-refractivity contribution < 1.29 is 4.74 Å². The van der Waals surface area contributed by atoms with Gasteiger partial charge in [0.05, 0.1) is 12.7 Å². The van der Waals surface area contributed by atoms with Crippen molar-refractivity contribution in [3.05, 3.63) is 34.9 Å². The molecule has 1 aromatic rings. The van der Waals surface area contributed by atoms with Crippen molar-refractivity contribution in [1.82, 2.24) is 5.32 Å². The lowest BCUT2D eigenvalue weighted by Crippen LogP contribution is -2.16. The van der Waals surface area contributed by atoms with Gasteiger partial charge < -0.3 is 10.1 Å². The fourth-order valence-electron chi connectivity index (χ4n) is 1.70. The molecule has 1 saturated heterocycles. The monoisotopic (exact) mass is 211 g/mol. The summed E-state index contributed by atoms with van der Waals surface area (Å²) in [5.41, 5.74) is 1.11. The fourth-order valence-corrected chi connectivity index (χ4v) is 1.95. The molecule has 1 unspecified atom stereocenters. The van der Waals surface area contributed by atoms with E-state index in [1.807, 2.05) is 24.3 Å². The quantitative estimate of drug-likeness (QED) is 0.770. The van der Waals surface area contributed by atoms with Crippen LogP contribution in [0.2, 0.25) is 5.02 Å². The maximum absolute atomic E-state index is 6.11. The molecule has 0 aromatic heterocycles. The van der Waals surface area contributed by atoms with Crippen LogP contribution in [0.25, 0.3) is 0 Å². The molecule has 0 radical (unpaired) electrons. The molecule has 2 rings (SSSR count). The van der Waals surface area contributed by atoms with E-state index in [2.05, 4.69) is 5.32 Å². The van der Waals surface area contributed by atoms with Crippen LogP contribution in [-0.2, 0) is 4.74 Å². The van der Waals surface area contributed by atoms with Gasteiger partial charge in [0.1, 0.15) is 0 Å². The second-order valence-electron chi connectivity index (χ2n) is 3.42. The second kappa shape index (κ2) is 4.78. The Kier molecular flexibility index (Phi) is 3.40. The number of halogens is 1. The predicted molar refractivity (Wildman–Crippen MR) is 57.6 cm³/mol. The maximum atomic E-state index is 6.11. The van der Waals surface area contributed by atoms with Crippen LogP contribution in [0.1, 0.15) is 18.1 Å². The van der Waals surface area contributed by atoms with Crippen LogP contribution in [0.4, 0.5) is 0 Å². The number of hydrogen-bond donors (Lipinski definition) is 1. The lowest BCUT2D eigenvalue weighted by molar-refractivity contribution is 0.0645. The van der Waals surface area contributed by atoms with Gasteiger partial charge in [-0.05, 0) is 24.6 Å². The standard InChI is InChI=1S/C11H14ClNO/c12-10-4-2-1-3-9(10)11-5-6-13-7-8-14-11/h1-4,11,13H,5-8H2. The SMILES string of the molecule is Clc1ccccc1C1CCNCCO1. The Balaban J connectivity index is 2.16. The van der Waals surface area contributed by atoms with Crippen LogP contribution in [0.5, 0.6) is 0 Å². The summed E-state index contributed by atoms with van der Waals surface area (Å²) in [4.78, 5) is 0. The molecule has 2 nitrogen and oxygen atoms in total. The molecule has 0 saturated carbocycles. The lowest BCUT2D eigenvalue weighted by Gasteiger charge is -2.15. The van der Waals surface area contributed by atoms with Crippen molar-refractivity contribution in [2.75, 3.05) is 19.7 Å². The van der Waals surface area contributed by atoms with Crippen molar-refractivity contribution in [3.63, 3.8) is 0 Å². The van der Waals surface area contributed by atoms with Crippen LogP contribution in [0, 0.1) is 0 Å². The van der Waals surface area contributed by atoms with Crippen molar-refractivity contribution in [1.29, 1.82) is 0 Å². The van der Waals surface area contributed by atoms with Gasteiger partial charge in [-0.2, -0.15) is 0 Å². The molecule has 1 atom stereocenters. The summed E-state index contributed by atoms with van der Waals surface area (Å²) in [6.45, 7) is 2.69. The molecule has 1 aliphatic heterocycles.